The van der Waals surface area contributed by atoms with Gasteiger partial charge in [0, 0.05) is 6.61 Å². The number of ether oxygens (including phenoxy) is 2. The average Bonchev–Trinajstić information content (AvgIpc) is 2.99. The van der Waals surface area contributed by atoms with Crippen molar-refractivity contribution in [2.75, 3.05) is 6.61 Å². The number of hydrogen-bond donors (Lipinski definition) is 0. The number of aryl methyl sites for hydroxylation is 1. The highest BCUT2D eigenvalue weighted by atomic mass is 16.7. The Morgan fingerprint density at radius 3 is 2.87 bits per heavy atom. The van der Waals surface area contributed by atoms with Crippen LogP contribution in [0.25, 0.3) is 0 Å². The van der Waals surface area contributed by atoms with Gasteiger partial charge >= 0.3 is 0 Å². The summed E-state index contributed by atoms with van der Waals surface area (Å²) in [5, 5.41) is 0. The number of benzene rings is 1. The van der Waals surface area contributed by atoms with Gasteiger partial charge in [0.15, 0.2) is 6.29 Å². The van der Waals surface area contributed by atoms with E-state index in [1.165, 1.54) is 48.8 Å². The van der Waals surface area contributed by atoms with Crippen molar-refractivity contribution in [3.05, 3.63) is 59.7 Å². The third-order valence-corrected chi connectivity index (χ3v) is 6.87. The Bertz CT molecular complexity index is 686. The van der Waals surface area contributed by atoms with Crippen molar-refractivity contribution in [3.63, 3.8) is 0 Å². The quantitative estimate of drug-likeness (QED) is 0.295. The van der Waals surface area contributed by atoms with E-state index in [1.54, 1.807) is 0 Å². The first-order chi connectivity index (χ1) is 14.6. The molecule has 2 nitrogen and oxygen atoms in total. The van der Waals surface area contributed by atoms with Crippen LogP contribution in [0.5, 0.6) is 0 Å². The van der Waals surface area contributed by atoms with E-state index in [9.17, 15) is 0 Å². The van der Waals surface area contributed by atoms with Gasteiger partial charge in [-0.25, -0.2) is 0 Å². The first kappa shape index (κ1) is 23.3. The largest absolute Gasteiger partial charge is 0.353 e. The molecular formula is C28H42O2. The maximum Gasteiger partial charge on any atom is 0.158 e. The predicted molar refractivity (Wildman–Crippen MR) is 127 cm³/mol. The highest BCUT2D eigenvalue weighted by Gasteiger charge is 2.34. The molecule has 1 aliphatic carbocycles. The molecule has 2 heteroatoms. The zero-order chi connectivity index (χ0) is 21.3. The van der Waals surface area contributed by atoms with Crippen molar-refractivity contribution in [3.8, 4) is 0 Å². The average molecular weight is 411 g/mol. The maximum absolute atomic E-state index is 6.40. The van der Waals surface area contributed by atoms with Gasteiger partial charge in [0.05, 0.1) is 6.10 Å². The van der Waals surface area contributed by atoms with Gasteiger partial charge in [0.25, 0.3) is 0 Å². The number of hydrogen-bond acceptors (Lipinski definition) is 2. The van der Waals surface area contributed by atoms with Crippen LogP contribution in [-0.4, -0.2) is 19.0 Å². The molecule has 2 fully saturated rings. The van der Waals surface area contributed by atoms with E-state index in [2.05, 4.69) is 63.8 Å². The molecule has 0 bridgehead atoms. The Morgan fingerprint density at radius 2 is 2.13 bits per heavy atom. The second kappa shape index (κ2) is 11.9. The third-order valence-electron chi connectivity index (χ3n) is 6.87. The molecule has 1 aliphatic heterocycles. The van der Waals surface area contributed by atoms with Gasteiger partial charge < -0.3 is 9.47 Å². The highest BCUT2D eigenvalue weighted by Crippen LogP contribution is 2.43. The molecule has 1 saturated carbocycles. The Hall–Kier alpha value is -1.38. The normalized spacial score (nSPS) is 28.3. The second-order valence-electron chi connectivity index (χ2n) is 9.57. The lowest BCUT2D eigenvalue weighted by Gasteiger charge is -2.27. The molecule has 1 saturated heterocycles. The smallest absolute Gasteiger partial charge is 0.158 e. The van der Waals surface area contributed by atoms with Crippen molar-refractivity contribution >= 4 is 0 Å². The van der Waals surface area contributed by atoms with Gasteiger partial charge in [-0.05, 0) is 68.8 Å². The van der Waals surface area contributed by atoms with Gasteiger partial charge in [-0.15, -0.1) is 0 Å². The zero-order valence-corrected chi connectivity index (χ0v) is 19.4. The molecule has 1 heterocycles. The van der Waals surface area contributed by atoms with Crippen molar-refractivity contribution < 1.29 is 9.47 Å². The van der Waals surface area contributed by atoms with E-state index in [4.69, 9.17) is 9.47 Å². The summed E-state index contributed by atoms with van der Waals surface area (Å²) in [5.41, 5.74) is 4.19. The molecule has 0 radical (unpaired) electrons. The Kier molecular flexibility index (Phi) is 9.21. The summed E-state index contributed by atoms with van der Waals surface area (Å²) >= 11 is 0. The first-order valence-electron chi connectivity index (χ1n) is 12.3. The molecule has 3 rings (SSSR count). The Morgan fingerprint density at radius 1 is 1.27 bits per heavy atom. The molecule has 0 N–H and O–H groups in total. The predicted octanol–water partition coefficient (Wildman–Crippen LogP) is 7.41. The highest BCUT2D eigenvalue weighted by molar-refractivity contribution is 5.26. The fourth-order valence-electron chi connectivity index (χ4n) is 5.14. The van der Waals surface area contributed by atoms with Gasteiger partial charge in [-0.1, -0.05) is 87.2 Å². The summed E-state index contributed by atoms with van der Waals surface area (Å²) in [6, 6.07) is 8.95. The van der Waals surface area contributed by atoms with E-state index < -0.39 is 0 Å². The maximum atomic E-state index is 6.40. The van der Waals surface area contributed by atoms with Crippen LogP contribution < -0.4 is 0 Å². The molecule has 1 aromatic rings. The van der Waals surface area contributed by atoms with Crippen LogP contribution in [-0.2, 0) is 15.9 Å². The SMILES string of the molecule is C=C1C[C@@H](C)[C@H](/C=C/[C@H](CCCCC)OC2CCCCO2)[C@H]1Cc1cccc(C)c1. The zero-order valence-electron chi connectivity index (χ0n) is 19.4. The van der Waals surface area contributed by atoms with Crippen LogP contribution >= 0.6 is 0 Å². The van der Waals surface area contributed by atoms with Gasteiger partial charge in [-0.3, -0.25) is 0 Å². The molecule has 0 spiro atoms. The van der Waals surface area contributed by atoms with Crippen LogP contribution in [0, 0.1) is 24.7 Å². The van der Waals surface area contributed by atoms with Crippen LogP contribution in [0.4, 0.5) is 0 Å². The summed E-state index contributed by atoms with van der Waals surface area (Å²) < 4.78 is 12.3. The number of unbranched alkanes of at least 4 members (excludes halogenated alkanes) is 2. The number of rotatable bonds is 10. The molecule has 1 unspecified atom stereocenters. The molecule has 2 aliphatic rings. The van der Waals surface area contributed by atoms with Gasteiger partial charge in [-0.2, -0.15) is 0 Å². The lowest BCUT2D eigenvalue weighted by molar-refractivity contribution is -0.179. The fraction of sp³-hybridized carbons (Fsp3) is 0.643. The second-order valence-corrected chi connectivity index (χ2v) is 9.57. The van der Waals surface area contributed by atoms with Crippen molar-refractivity contribution in [2.24, 2.45) is 17.8 Å². The lowest BCUT2D eigenvalue weighted by Crippen LogP contribution is -2.27. The van der Waals surface area contributed by atoms with E-state index in [0.29, 0.717) is 17.8 Å². The monoisotopic (exact) mass is 410 g/mol. The third kappa shape index (κ3) is 6.82. The minimum atomic E-state index is -0.0194. The van der Waals surface area contributed by atoms with E-state index in [0.717, 1.165) is 32.3 Å². The lowest BCUT2D eigenvalue weighted by atomic mass is 9.84. The Balaban J connectivity index is 1.67. The van der Waals surface area contributed by atoms with Crippen molar-refractivity contribution in [1.82, 2.24) is 0 Å². The molecule has 1 aromatic carbocycles. The molecule has 30 heavy (non-hydrogen) atoms. The van der Waals surface area contributed by atoms with Gasteiger partial charge in [0.1, 0.15) is 0 Å². The van der Waals surface area contributed by atoms with Crippen LogP contribution in [0.2, 0.25) is 0 Å². The summed E-state index contributed by atoms with van der Waals surface area (Å²) in [7, 11) is 0. The fourth-order valence-corrected chi connectivity index (χ4v) is 5.14. The van der Waals surface area contributed by atoms with Crippen LogP contribution in [0.1, 0.15) is 76.3 Å². The summed E-state index contributed by atoms with van der Waals surface area (Å²) in [6.07, 6.45) is 15.4. The summed E-state index contributed by atoms with van der Waals surface area (Å²) in [6.45, 7) is 12.1. The first-order valence-corrected chi connectivity index (χ1v) is 12.3. The van der Waals surface area contributed by atoms with Gasteiger partial charge in [0.2, 0.25) is 0 Å². The standard InChI is InChI=1S/C28H42O2/c1-5-6-7-13-25(30-28-14-8-9-17-29-28)15-16-26-22(3)19-23(4)27(26)20-24-12-10-11-21(2)18-24/h10-12,15-16,18,22,25-28H,4-9,13-14,17,19-20H2,1-3H3/b16-15+/t22-,25+,26+,27+,28?/m1/s1. The molecule has 0 amide bonds. The molecular weight excluding hydrogens is 368 g/mol. The topological polar surface area (TPSA) is 18.5 Å². The Labute approximate surface area is 184 Å². The van der Waals surface area contributed by atoms with Crippen LogP contribution in [0.3, 0.4) is 0 Å². The molecule has 166 valence electrons. The number of allylic oxidation sites excluding steroid dienone is 2. The molecule has 5 atom stereocenters. The van der Waals surface area contributed by atoms with Crippen LogP contribution in [0.15, 0.2) is 48.6 Å². The van der Waals surface area contributed by atoms with E-state index in [-0.39, 0.29) is 12.4 Å². The van der Waals surface area contributed by atoms with E-state index in [1.807, 2.05) is 0 Å². The summed E-state index contributed by atoms with van der Waals surface area (Å²) in [4.78, 5) is 0. The van der Waals surface area contributed by atoms with E-state index >= 15 is 0 Å². The minimum absolute atomic E-state index is 0.0194. The molecule has 0 aromatic heterocycles. The summed E-state index contributed by atoms with van der Waals surface area (Å²) in [5.74, 6) is 1.72. The van der Waals surface area contributed by atoms with Crippen molar-refractivity contribution in [1.29, 1.82) is 0 Å². The van der Waals surface area contributed by atoms with Crippen molar-refractivity contribution in [2.45, 2.75) is 91.0 Å². The minimum Gasteiger partial charge on any atom is -0.353 e.